The monoisotopic (exact) mass is 559 g/mol. The highest BCUT2D eigenvalue weighted by atomic mass is 127. The summed E-state index contributed by atoms with van der Waals surface area (Å²) in [4.78, 5) is 8.76. The SMILES string of the molecule is Cc1nnc(CN=C(NCC(c2cccs2)N2CCOCC2)NC2CCCC2)n1C.I. The maximum atomic E-state index is 5.57. The molecule has 1 aliphatic carbocycles. The summed E-state index contributed by atoms with van der Waals surface area (Å²) in [5.74, 6) is 2.66. The summed E-state index contributed by atoms with van der Waals surface area (Å²) in [5.41, 5.74) is 0. The van der Waals surface area contributed by atoms with Crippen LogP contribution in [0.2, 0.25) is 0 Å². The minimum atomic E-state index is 0. The van der Waals surface area contributed by atoms with Crippen LogP contribution in [0.1, 0.15) is 48.3 Å². The van der Waals surface area contributed by atoms with Gasteiger partial charge in [0.05, 0.1) is 19.3 Å². The van der Waals surface area contributed by atoms with E-state index in [0.717, 1.165) is 50.5 Å². The highest BCUT2D eigenvalue weighted by molar-refractivity contribution is 14.0. The third-order valence-electron chi connectivity index (χ3n) is 6.08. The average Bonchev–Trinajstić information content (AvgIpc) is 3.53. The van der Waals surface area contributed by atoms with Gasteiger partial charge in [-0.2, -0.15) is 0 Å². The van der Waals surface area contributed by atoms with Gasteiger partial charge in [-0.3, -0.25) is 4.90 Å². The number of nitrogens with one attached hydrogen (secondary N) is 2. The molecule has 1 atom stereocenters. The maximum Gasteiger partial charge on any atom is 0.191 e. The Balaban J connectivity index is 0.00000272. The molecular weight excluding hydrogens is 525 g/mol. The molecule has 2 aromatic heterocycles. The molecule has 10 heteroatoms. The van der Waals surface area contributed by atoms with Crippen LogP contribution >= 0.6 is 35.3 Å². The summed E-state index contributed by atoms with van der Waals surface area (Å²) < 4.78 is 7.57. The smallest absolute Gasteiger partial charge is 0.191 e. The molecule has 2 aliphatic rings. The fraction of sp³-hybridized carbons (Fsp3) is 0.667. The number of aliphatic imine (C=N–C) groups is 1. The Labute approximate surface area is 205 Å². The normalized spacial score (nSPS) is 19.2. The van der Waals surface area contributed by atoms with Crippen LogP contribution in [-0.4, -0.2) is 64.5 Å². The Morgan fingerprint density at radius 1 is 1.29 bits per heavy atom. The van der Waals surface area contributed by atoms with Crippen molar-refractivity contribution >= 4 is 41.3 Å². The first-order valence-corrected chi connectivity index (χ1v) is 11.8. The number of aryl methyl sites for hydroxylation is 1. The van der Waals surface area contributed by atoms with E-state index in [1.807, 2.05) is 29.9 Å². The summed E-state index contributed by atoms with van der Waals surface area (Å²) in [7, 11) is 1.99. The molecule has 0 radical (unpaired) electrons. The number of ether oxygens (including phenoxy) is 1. The van der Waals surface area contributed by atoms with Crippen molar-refractivity contribution in [3.05, 3.63) is 34.0 Å². The predicted molar refractivity (Wildman–Crippen MR) is 135 cm³/mol. The number of morpholine rings is 1. The highest BCUT2D eigenvalue weighted by Gasteiger charge is 2.24. The minimum absolute atomic E-state index is 0. The fourth-order valence-electron chi connectivity index (χ4n) is 4.13. The molecule has 2 N–H and O–H groups in total. The summed E-state index contributed by atoms with van der Waals surface area (Å²) in [6.07, 6.45) is 5.00. The van der Waals surface area contributed by atoms with Crippen molar-refractivity contribution in [1.82, 2.24) is 30.3 Å². The highest BCUT2D eigenvalue weighted by Crippen LogP contribution is 2.25. The Bertz CT molecular complexity index is 814. The van der Waals surface area contributed by atoms with E-state index in [4.69, 9.17) is 9.73 Å². The van der Waals surface area contributed by atoms with Gasteiger partial charge in [0.1, 0.15) is 12.4 Å². The Kier molecular flexibility index (Phi) is 9.54. The Morgan fingerprint density at radius 2 is 2.06 bits per heavy atom. The molecule has 31 heavy (non-hydrogen) atoms. The van der Waals surface area contributed by atoms with Crippen molar-refractivity contribution in [3.63, 3.8) is 0 Å². The number of aromatic nitrogens is 3. The zero-order valence-electron chi connectivity index (χ0n) is 18.4. The van der Waals surface area contributed by atoms with Crippen molar-refractivity contribution < 1.29 is 4.74 Å². The van der Waals surface area contributed by atoms with Gasteiger partial charge in [0, 0.05) is 37.6 Å². The maximum absolute atomic E-state index is 5.57. The van der Waals surface area contributed by atoms with Crippen LogP contribution in [0.3, 0.4) is 0 Å². The number of hydrogen-bond acceptors (Lipinski definition) is 6. The van der Waals surface area contributed by atoms with Crippen molar-refractivity contribution in [2.24, 2.45) is 12.0 Å². The number of rotatable bonds is 7. The molecule has 8 nitrogen and oxygen atoms in total. The van der Waals surface area contributed by atoms with Crippen LogP contribution in [-0.2, 0) is 18.3 Å². The van der Waals surface area contributed by atoms with Gasteiger partial charge in [-0.25, -0.2) is 4.99 Å². The van der Waals surface area contributed by atoms with Crippen molar-refractivity contribution in [2.75, 3.05) is 32.8 Å². The van der Waals surface area contributed by atoms with E-state index in [1.165, 1.54) is 30.6 Å². The topological polar surface area (TPSA) is 79.6 Å². The molecule has 0 bridgehead atoms. The molecule has 4 rings (SSSR count). The molecule has 1 aliphatic heterocycles. The quantitative estimate of drug-likeness (QED) is 0.309. The van der Waals surface area contributed by atoms with E-state index in [2.05, 4.69) is 43.2 Å². The summed E-state index contributed by atoms with van der Waals surface area (Å²) in [5, 5.41) is 17.9. The average molecular weight is 560 g/mol. The van der Waals surface area contributed by atoms with Gasteiger partial charge in [-0.05, 0) is 31.2 Å². The van der Waals surface area contributed by atoms with E-state index in [1.54, 1.807) is 0 Å². The zero-order valence-corrected chi connectivity index (χ0v) is 21.6. The molecule has 1 unspecified atom stereocenters. The van der Waals surface area contributed by atoms with Crippen LogP contribution in [0.5, 0.6) is 0 Å². The van der Waals surface area contributed by atoms with Crippen molar-refractivity contribution in [2.45, 2.75) is 51.2 Å². The lowest BCUT2D eigenvalue weighted by Crippen LogP contribution is -2.47. The van der Waals surface area contributed by atoms with Gasteiger partial charge in [0.2, 0.25) is 0 Å². The largest absolute Gasteiger partial charge is 0.379 e. The number of nitrogens with zero attached hydrogens (tertiary/aromatic N) is 5. The molecule has 1 saturated heterocycles. The van der Waals surface area contributed by atoms with Gasteiger partial charge >= 0.3 is 0 Å². The Hall–Kier alpha value is -1.24. The molecule has 2 aromatic rings. The first kappa shape index (κ1) is 24.4. The van der Waals surface area contributed by atoms with E-state index in [0.29, 0.717) is 18.6 Å². The second-order valence-electron chi connectivity index (χ2n) is 8.07. The summed E-state index contributed by atoms with van der Waals surface area (Å²) in [6, 6.07) is 5.19. The zero-order chi connectivity index (χ0) is 20.8. The first-order chi connectivity index (χ1) is 14.7. The lowest BCUT2D eigenvalue weighted by molar-refractivity contribution is 0.0177. The van der Waals surface area contributed by atoms with E-state index in [-0.39, 0.29) is 24.0 Å². The first-order valence-electron chi connectivity index (χ1n) is 11.0. The standard InChI is InChI=1S/C21H33N7OS.HI/c1-16-25-26-20(27(16)2)15-23-21(24-17-6-3-4-7-17)22-14-18(19-8-5-13-30-19)28-9-11-29-12-10-28;/h5,8,13,17-18H,3-4,6-7,9-12,14-15H2,1-2H3,(H2,22,23,24);1H. The number of guanidine groups is 1. The summed E-state index contributed by atoms with van der Waals surface area (Å²) >= 11 is 1.82. The van der Waals surface area contributed by atoms with E-state index >= 15 is 0 Å². The van der Waals surface area contributed by atoms with E-state index < -0.39 is 0 Å². The molecule has 3 heterocycles. The lowest BCUT2D eigenvalue weighted by atomic mass is 10.2. The predicted octanol–water partition coefficient (Wildman–Crippen LogP) is 2.85. The second-order valence-corrected chi connectivity index (χ2v) is 9.05. The van der Waals surface area contributed by atoms with Crippen LogP contribution in [0, 0.1) is 6.92 Å². The molecule has 2 fully saturated rings. The van der Waals surface area contributed by atoms with Crippen LogP contribution < -0.4 is 10.6 Å². The van der Waals surface area contributed by atoms with Gasteiger partial charge < -0.3 is 19.9 Å². The van der Waals surface area contributed by atoms with Gasteiger partial charge in [0.15, 0.2) is 11.8 Å². The van der Waals surface area contributed by atoms with Gasteiger partial charge in [0.25, 0.3) is 0 Å². The van der Waals surface area contributed by atoms with Crippen molar-refractivity contribution in [1.29, 1.82) is 0 Å². The molecule has 0 aromatic carbocycles. The number of hydrogen-bond donors (Lipinski definition) is 2. The van der Waals surface area contributed by atoms with Crippen LogP contribution in [0.25, 0.3) is 0 Å². The van der Waals surface area contributed by atoms with E-state index in [9.17, 15) is 0 Å². The fourth-order valence-corrected chi connectivity index (χ4v) is 4.99. The molecule has 172 valence electrons. The summed E-state index contributed by atoms with van der Waals surface area (Å²) in [6.45, 7) is 6.82. The molecule has 1 saturated carbocycles. The third kappa shape index (κ3) is 6.62. The molecule has 0 spiro atoms. The molecular formula is C21H34IN7OS. The minimum Gasteiger partial charge on any atom is -0.379 e. The molecule has 0 amide bonds. The van der Waals surface area contributed by atoms with Crippen LogP contribution in [0.15, 0.2) is 22.5 Å². The lowest BCUT2D eigenvalue weighted by Gasteiger charge is -2.34. The second kappa shape index (κ2) is 12.1. The van der Waals surface area contributed by atoms with Crippen molar-refractivity contribution in [3.8, 4) is 0 Å². The Morgan fingerprint density at radius 3 is 2.71 bits per heavy atom. The van der Waals surface area contributed by atoms with Crippen LogP contribution in [0.4, 0.5) is 0 Å². The van der Waals surface area contributed by atoms with Gasteiger partial charge in [-0.15, -0.1) is 45.5 Å². The number of halogens is 1. The van der Waals surface area contributed by atoms with Gasteiger partial charge in [-0.1, -0.05) is 18.9 Å². The third-order valence-corrected chi connectivity index (χ3v) is 7.05. The number of thiophene rings is 1.